The Morgan fingerprint density at radius 3 is 2.47 bits per heavy atom. The average molecular weight is 214 g/mol. The second-order valence-electron chi connectivity index (χ2n) is 4.37. The summed E-state index contributed by atoms with van der Waals surface area (Å²) >= 11 is 0. The molecule has 0 spiro atoms. The van der Waals surface area contributed by atoms with Crippen molar-refractivity contribution in [3.05, 3.63) is 0 Å². The molecule has 0 aromatic carbocycles. The highest BCUT2D eigenvalue weighted by Crippen LogP contribution is 2.24. The zero-order valence-corrected chi connectivity index (χ0v) is 10.2. The van der Waals surface area contributed by atoms with E-state index >= 15 is 0 Å². The van der Waals surface area contributed by atoms with Crippen LogP contribution in [0.25, 0.3) is 0 Å². The lowest BCUT2D eigenvalue weighted by Gasteiger charge is -2.21. The van der Waals surface area contributed by atoms with E-state index in [4.69, 9.17) is 9.47 Å². The number of hydrazone groups is 1. The second-order valence-corrected chi connectivity index (χ2v) is 4.37. The molecule has 1 heterocycles. The van der Waals surface area contributed by atoms with E-state index in [1.165, 1.54) is 0 Å². The average Bonchev–Trinajstić information content (AvgIpc) is 2.51. The Hall–Kier alpha value is -0.610. The summed E-state index contributed by atoms with van der Waals surface area (Å²) in [5, 5.41) is 6.17. The van der Waals surface area contributed by atoms with Crippen LogP contribution >= 0.6 is 0 Å². The molecule has 1 fully saturated rings. The SMILES string of the molecule is CC(CCCC1(C)OCCO1)=NN(C)C. The lowest BCUT2D eigenvalue weighted by molar-refractivity contribution is -0.147. The smallest absolute Gasteiger partial charge is 0.165 e. The van der Waals surface area contributed by atoms with Gasteiger partial charge in [0.1, 0.15) is 0 Å². The van der Waals surface area contributed by atoms with E-state index in [0.29, 0.717) is 0 Å². The van der Waals surface area contributed by atoms with Crippen molar-refractivity contribution in [1.29, 1.82) is 0 Å². The predicted octanol–water partition coefficient (Wildman–Crippen LogP) is 1.86. The standard InChI is InChI=1S/C11H22N2O2/c1-10(12-13(3)4)6-5-7-11(2)14-8-9-15-11/h5-9H2,1-4H3. The molecule has 0 N–H and O–H groups in total. The maximum absolute atomic E-state index is 5.53. The minimum Gasteiger partial charge on any atom is -0.348 e. The molecule has 0 bridgehead atoms. The van der Waals surface area contributed by atoms with Gasteiger partial charge in [0.05, 0.1) is 13.2 Å². The number of rotatable bonds is 5. The molecule has 4 heteroatoms. The van der Waals surface area contributed by atoms with Crippen LogP contribution in [-0.2, 0) is 9.47 Å². The first-order valence-corrected chi connectivity index (χ1v) is 5.51. The zero-order valence-electron chi connectivity index (χ0n) is 10.2. The molecule has 1 aliphatic rings. The number of ether oxygens (including phenoxy) is 2. The van der Waals surface area contributed by atoms with Crippen molar-refractivity contribution < 1.29 is 9.47 Å². The van der Waals surface area contributed by atoms with E-state index in [1.54, 1.807) is 0 Å². The Morgan fingerprint density at radius 2 is 1.93 bits per heavy atom. The van der Waals surface area contributed by atoms with Crippen LogP contribution in [0.4, 0.5) is 0 Å². The number of nitrogens with zero attached hydrogens (tertiary/aromatic N) is 2. The predicted molar refractivity (Wildman–Crippen MR) is 61.0 cm³/mol. The van der Waals surface area contributed by atoms with Gasteiger partial charge in [-0.05, 0) is 26.7 Å². The highest BCUT2D eigenvalue weighted by molar-refractivity contribution is 5.81. The van der Waals surface area contributed by atoms with Crippen LogP contribution in [0, 0.1) is 0 Å². The van der Waals surface area contributed by atoms with Crippen LogP contribution in [0.5, 0.6) is 0 Å². The minimum atomic E-state index is -0.349. The van der Waals surface area contributed by atoms with Gasteiger partial charge >= 0.3 is 0 Å². The summed E-state index contributed by atoms with van der Waals surface area (Å²) in [4.78, 5) is 0. The Bertz CT molecular complexity index is 221. The van der Waals surface area contributed by atoms with Gasteiger partial charge in [-0.1, -0.05) is 0 Å². The van der Waals surface area contributed by atoms with E-state index in [-0.39, 0.29) is 5.79 Å². The van der Waals surface area contributed by atoms with Gasteiger partial charge < -0.3 is 14.5 Å². The van der Waals surface area contributed by atoms with E-state index in [2.05, 4.69) is 12.0 Å². The van der Waals surface area contributed by atoms with Crippen LogP contribution in [0.3, 0.4) is 0 Å². The zero-order chi connectivity index (χ0) is 11.3. The minimum absolute atomic E-state index is 0.349. The molecule has 0 aromatic heterocycles. The molecule has 1 aliphatic heterocycles. The summed E-state index contributed by atoms with van der Waals surface area (Å²) < 4.78 is 11.1. The molecule has 0 radical (unpaired) electrons. The van der Waals surface area contributed by atoms with Crippen molar-refractivity contribution in [1.82, 2.24) is 5.01 Å². The van der Waals surface area contributed by atoms with Gasteiger partial charge in [0.25, 0.3) is 0 Å². The van der Waals surface area contributed by atoms with Crippen molar-refractivity contribution in [2.45, 2.75) is 38.9 Å². The molecule has 0 atom stereocenters. The molecule has 0 saturated carbocycles. The maximum Gasteiger partial charge on any atom is 0.165 e. The molecule has 88 valence electrons. The summed E-state index contributed by atoms with van der Waals surface area (Å²) in [7, 11) is 3.88. The molecule has 0 aromatic rings. The van der Waals surface area contributed by atoms with Gasteiger partial charge in [0, 0.05) is 26.2 Å². The van der Waals surface area contributed by atoms with Gasteiger partial charge in [-0.2, -0.15) is 5.10 Å². The van der Waals surface area contributed by atoms with Crippen LogP contribution in [-0.4, -0.2) is 43.8 Å². The summed E-state index contributed by atoms with van der Waals surface area (Å²) in [5.74, 6) is -0.349. The van der Waals surface area contributed by atoms with Crippen molar-refractivity contribution in [3.8, 4) is 0 Å². The Morgan fingerprint density at radius 1 is 1.33 bits per heavy atom. The normalized spacial score (nSPS) is 20.7. The van der Waals surface area contributed by atoms with Crippen molar-refractivity contribution >= 4 is 5.71 Å². The number of hydrogen-bond acceptors (Lipinski definition) is 4. The summed E-state index contributed by atoms with van der Waals surface area (Å²) in [6.45, 7) is 5.51. The van der Waals surface area contributed by atoms with Crippen LogP contribution < -0.4 is 0 Å². The third-order valence-electron chi connectivity index (χ3n) is 2.44. The fourth-order valence-corrected chi connectivity index (χ4v) is 1.76. The van der Waals surface area contributed by atoms with Crippen LogP contribution in [0.1, 0.15) is 33.1 Å². The van der Waals surface area contributed by atoms with Crippen LogP contribution in [0.2, 0.25) is 0 Å². The van der Waals surface area contributed by atoms with E-state index < -0.39 is 0 Å². The number of hydrogen-bond donors (Lipinski definition) is 0. The first-order valence-electron chi connectivity index (χ1n) is 5.51. The Balaban J connectivity index is 2.21. The quantitative estimate of drug-likeness (QED) is 0.517. The highest BCUT2D eigenvalue weighted by atomic mass is 16.7. The van der Waals surface area contributed by atoms with Gasteiger partial charge in [-0.25, -0.2) is 0 Å². The molecular formula is C11H22N2O2. The van der Waals surface area contributed by atoms with E-state index in [9.17, 15) is 0 Å². The van der Waals surface area contributed by atoms with Gasteiger partial charge in [-0.15, -0.1) is 0 Å². The second kappa shape index (κ2) is 5.47. The topological polar surface area (TPSA) is 34.1 Å². The first-order chi connectivity index (χ1) is 7.02. The lowest BCUT2D eigenvalue weighted by Crippen LogP contribution is -2.25. The molecular weight excluding hydrogens is 192 g/mol. The monoisotopic (exact) mass is 214 g/mol. The maximum atomic E-state index is 5.53. The molecule has 1 saturated heterocycles. The van der Waals surface area contributed by atoms with Gasteiger partial charge in [0.2, 0.25) is 0 Å². The van der Waals surface area contributed by atoms with Crippen molar-refractivity contribution in [2.24, 2.45) is 5.10 Å². The summed E-state index contributed by atoms with van der Waals surface area (Å²) in [5.41, 5.74) is 1.15. The molecule has 15 heavy (non-hydrogen) atoms. The molecule has 0 aliphatic carbocycles. The van der Waals surface area contributed by atoms with E-state index in [0.717, 1.165) is 38.2 Å². The fraction of sp³-hybridized carbons (Fsp3) is 0.909. The Labute approximate surface area is 92.2 Å². The molecule has 0 unspecified atom stereocenters. The summed E-state index contributed by atoms with van der Waals surface area (Å²) in [6, 6.07) is 0. The lowest BCUT2D eigenvalue weighted by atomic mass is 10.1. The Kier molecular flexibility index (Phi) is 4.54. The highest BCUT2D eigenvalue weighted by Gasteiger charge is 2.29. The third-order valence-corrected chi connectivity index (χ3v) is 2.44. The van der Waals surface area contributed by atoms with Crippen LogP contribution in [0.15, 0.2) is 5.10 Å². The molecule has 1 rings (SSSR count). The van der Waals surface area contributed by atoms with Crippen molar-refractivity contribution in [2.75, 3.05) is 27.3 Å². The molecule has 0 amide bonds. The largest absolute Gasteiger partial charge is 0.348 e. The first kappa shape index (κ1) is 12.5. The van der Waals surface area contributed by atoms with E-state index in [1.807, 2.05) is 26.0 Å². The fourth-order valence-electron chi connectivity index (χ4n) is 1.76. The summed E-state index contributed by atoms with van der Waals surface area (Å²) in [6.07, 6.45) is 2.99. The molecule has 4 nitrogen and oxygen atoms in total. The van der Waals surface area contributed by atoms with Crippen molar-refractivity contribution in [3.63, 3.8) is 0 Å². The van der Waals surface area contributed by atoms with Gasteiger partial charge in [-0.3, -0.25) is 0 Å². The van der Waals surface area contributed by atoms with Gasteiger partial charge in [0.15, 0.2) is 5.79 Å². The third kappa shape index (κ3) is 4.62.